The van der Waals surface area contributed by atoms with Crippen LogP contribution in [0.4, 0.5) is 5.69 Å². The number of carbonyl (C=O) groups is 2. The van der Waals surface area contributed by atoms with Crippen LogP contribution in [0, 0.1) is 0 Å². The Morgan fingerprint density at radius 2 is 1.86 bits per heavy atom. The fourth-order valence-corrected chi connectivity index (χ4v) is 2.64. The monoisotopic (exact) mass is 379 g/mol. The molecule has 0 aliphatic carbocycles. The van der Waals surface area contributed by atoms with Crippen LogP contribution in [-0.4, -0.2) is 34.9 Å². The van der Waals surface area contributed by atoms with E-state index in [1.807, 2.05) is 19.1 Å². The van der Waals surface area contributed by atoms with E-state index in [4.69, 9.17) is 9.47 Å². The molecule has 144 valence electrons. The topological polar surface area (TPSA) is 82.5 Å². The molecule has 0 atom stereocenters. The van der Waals surface area contributed by atoms with Gasteiger partial charge in [-0.05, 0) is 50.2 Å². The molecule has 0 unspecified atom stereocenters. The van der Waals surface area contributed by atoms with Crippen molar-refractivity contribution in [3.05, 3.63) is 72.1 Å². The number of hydrogen-bond acceptors (Lipinski definition) is 5. The van der Waals surface area contributed by atoms with Crippen LogP contribution < -0.4 is 10.1 Å². The molecule has 1 heterocycles. The average Bonchev–Trinajstić information content (AvgIpc) is 3.19. The third-order valence-electron chi connectivity index (χ3n) is 3.87. The molecule has 0 radical (unpaired) electrons. The number of rotatable bonds is 7. The van der Waals surface area contributed by atoms with E-state index in [0.29, 0.717) is 29.3 Å². The molecule has 0 aliphatic heterocycles. The zero-order valence-electron chi connectivity index (χ0n) is 15.7. The predicted octanol–water partition coefficient (Wildman–Crippen LogP) is 3.70. The summed E-state index contributed by atoms with van der Waals surface area (Å²) in [4.78, 5) is 24.4. The fourth-order valence-electron chi connectivity index (χ4n) is 2.64. The molecule has 7 nitrogen and oxygen atoms in total. The van der Waals surface area contributed by atoms with Gasteiger partial charge < -0.3 is 14.8 Å². The van der Waals surface area contributed by atoms with Gasteiger partial charge in [-0.15, -0.1) is 0 Å². The van der Waals surface area contributed by atoms with Gasteiger partial charge in [-0.25, -0.2) is 9.48 Å². The third kappa shape index (κ3) is 4.37. The first-order chi connectivity index (χ1) is 13.6. The normalized spacial score (nSPS) is 10.4. The van der Waals surface area contributed by atoms with Crippen LogP contribution >= 0.6 is 0 Å². The van der Waals surface area contributed by atoms with Gasteiger partial charge in [0, 0.05) is 11.9 Å². The van der Waals surface area contributed by atoms with E-state index < -0.39 is 5.97 Å². The summed E-state index contributed by atoms with van der Waals surface area (Å²) < 4.78 is 12.0. The number of ether oxygens (including phenoxy) is 2. The maximum absolute atomic E-state index is 12.6. The highest BCUT2D eigenvalue weighted by Crippen LogP contribution is 2.21. The quantitative estimate of drug-likeness (QED) is 0.633. The van der Waals surface area contributed by atoms with Crippen LogP contribution in [0.5, 0.6) is 5.75 Å². The fraction of sp³-hybridized carbons (Fsp3) is 0.190. The maximum atomic E-state index is 12.6. The molecule has 3 rings (SSSR count). The highest BCUT2D eigenvalue weighted by Gasteiger charge is 2.14. The molecule has 1 amide bonds. The number of hydrogen-bond donors (Lipinski definition) is 1. The molecular formula is C21H21N3O4. The predicted molar refractivity (Wildman–Crippen MR) is 105 cm³/mol. The average molecular weight is 379 g/mol. The molecule has 0 saturated carbocycles. The van der Waals surface area contributed by atoms with Gasteiger partial charge in [-0.1, -0.05) is 18.2 Å². The van der Waals surface area contributed by atoms with Crippen molar-refractivity contribution in [1.29, 1.82) is 0 Å². The second-order valence-electron chi connectivity index (χ2n) is 5.80. The standard InChI is InChI=1S/C21H21N3O4/c1-3-27-19-11-6-5-10-17(19)20(25)22-15-8-7-9-16(14-15)24-13-12-18(23-24)21(26)28-4-2/h5-14H,3-4H2,1-2H3,(H,22,25). The molecule has 0 spiro atoms. The summed E-state index contributed by atoms with van der Waals surface area (Å²) in [5.74, 6) is -0.211. The van der Waals surface area contributed by atoms with E-state index in [0.717, 1.165) is 0 Å². The first-order valence-corrected chi connectivity index (χ1v) is 8.98. The molecule has 1 aromatic heterocycles. The molecule has 2 aromatic carbocycles. The number of amides is 1. The smallest absolute Gasteiger partial charge is 0.358 e. The van der Waals surface area contributed by atoms with Crippen molar-refractivity contribution < 1.29 is 19.1 Å². The van der Waals surface area contributed by atoms with Gasteiger partial charge in [0.25, 0.3) is 5.91 Å². The molecule has 0 fully saturated rings. The molecule has 0 aliphatic rings. The second-order valence-corrected chi connectivity index (χ2v) is 5.80. The van der Waals surface area contributed by atoms with Crippen LogP contribution in [0.25, 0.3) is 5.69 Å². The first-order valence-electron chi connectivity index (χ1n) is 8.98. The Morgan fingerprint density at radius 3 is 2.64 bits per heavy atom. The lowest BCUT2D eigenvalue weighted by molar-refractivity contribution is 0.0519. The minimum absolute atomic E-state index is 0.224. The van der Waals surface area contributed by atoms with Gasteiger partial charge in [0.15, 0.2) is 5.69 Å². The summed E-state index contributed by atoms with van der Waals surface area (Å²) >= 11 is 0. The highest BCUT2D eigenvalue weighted by atomic mass is 16.5. The summed E-state index contributed by atoms with van der Waals surface area (Å²) in [5.41, 5.74) is 1.98. The molecular weight excluding hydrogens is 358 g/mol. The van der Waals surface area contributed by atoms with Gasteiger partial charge in [-0.3, -0.25) is 4.79 Å². The van der Waals surface area contributed by atoms with Crippen molar-refractivity contribution in [2.75, 3.05) is 18.5 Å². The molecule has 0 bridgehead atoms. The van der Waals surface area contributed by atoms with Crippen LogP contribution in [0.1, 0.15) is 34.7 Å². The number of carbonyl (C=O) groups excluding carboxylic acids is 2. The van der Waals surface area contributed by atoms with Crippen molar-refractivity contribution >= 4 is 17.6 Å². The maximum Gasteiger partial charge on any atom is 0.358 e. The van der Waals surface area contributed by atoms with Crippen molar-refractivity contribution in [3.63, 3.8) is 0 Å². The number of benzene rings is 2. The van der Waals surface area contributed by atoms with Gasteiger partial charge in [-0.2, -0.15) is 5.10 Å². The number of anilines is 1. The largest absolute Gasteiger partial charge is 0.493 e. The van der Waals surface area contributed by atoms with Crippen molar-refractivity contribution in [3.8, 4) is 11.4 Å². The molecule has 1 N–H and O–H groups in total. The Balaban J connectivity index is 1.79. The van der Waals surface area contributed by atoms with E-state index in [1.54, 1.807) is 60.3 Å². The van der Waals surface area contributed by atoms with E-state index in [-0.39, 0.29) is 18.2 Å². The van der Waals surface area contributed by atoms with Crippen LogP contribution in [0.2, 0.25) is 0 Å². The van der Waals surface area contributed by atoms with Crippen molar-refractivity contribution in [1.82, 2.24) is 9.78 Å². The summed E-state index contributed by atoms with van der Waals surface area (Å²) in [6, 6.07) is 15.8. The number of para-hydroxylation sites is 1. The Hall–Kier alpha value is -3.61. The summed E-state index contributed by atoms with van der Waals surface area (Å²) in [6.07, 6.45) is 1.66. The van der Waals surface area contributed by atoms with Crippen LogP contribution in [-0.2, 0) is 4.74 Å². The summed E-state index contributed by atoms with van der Waals surface area (Å²) in [7, 11) is 0. The van der Waals surface area contributed by atoms with Gasteiger partial charge in [0.2, 0.25) is 0 Å². The Labute approximate surface area is 162 Å². The lowest BCUT2D eigenvalue weighted by Crippen LogP contribution is -2.14. The number of aromatic nitrogens is 2. The van der Waals surface area contributed by atoms with E-state index in [2.05, 4.69) is 10.4 Å². The SMILES string of the molecule is CCOC(=O)c1ccn(-c2cccc(NC(=O)c3ccccc3OCC)c2)n1. The molecule has 0 saturated heterocycles. The van der Waals surface area contributed by atoms with Crippen molar-refractivity contribution in [2.24, 2.45) is 0 Å². The van der Waals surface area contributed by atoms with E-state index in [9.17, 15) is 9.59 Å². The van der Waals surface area contributed by atoms with E-state index in [1.165, 1.54) is 0 Å². The lowest BCUT2D eigenvalue weighted by Gasteiger charge is -2.11. The first kappa shape index (κ1) is 19.2. The second kappa shape index (κ2) is 8.85. The minimum atomic E-state index is -0.474. The van der Waals surface area contributed by atoms with Crippen LogP contribution in [0.3, 0.4) is 0 Å². The molecule has 3 aromatic rings. The van der Waals surface area contributed by atoms with Gasteiger partial charge in [0.05, 0.1) is 24.5 Å². The highest BCUT2D eigenvalue weighted by molar-refractivity contribution is 6.06. The number of esters is 1. The Morgan fingerprint density at radius 1 is 1.04 bits per heavy atom. The minimum Gasteiger partial charge on any atom is -0.493 e. The van der Waals surface area contributed by atoms with Crippen molar-refractivity contribution in [2.45, 2.75) is 13.8 Å². The zero-order valence-corrected chi connectivity index (χ0v) is 15.7. The lowest BCUT2D eigenvalue weighted by atomic mass is 10.2. The van der Waals surface area contributed by atoms with Gasteiger partial charge >= 0.3 is 5.97 Å². The molecule has 7 heteroatoms. The van der Waals surface area contributed by atoms with E-state index >= 15 is 0 Å². The third-order valence-corrected chi connectivity index (χ3v) is 3.87. The molecule has 28 heavy (non-hydrogen) atoms. The van der Waals surface area contributed by atoms with Crippen LogP contribution in [0.15, 0.2) is 60.8 Å². The number of nitrogens with one attached hydrogen (secondary N) is 1. The van der Waals surface area contributed by atoms with Gasteiger partial charge in [0.1, 0.15) is 5.75 Å². The number of nitrogens with zero attached hydrogens (tertiary/aromatic N) is 2. The zero-order chi connectivity index (χ0) is 19.9. The summed E-state index contributed by atoms with van der Waals surface area (Å²) in [6.45, 7) is 4.37. The Kier molecular flexibility index (Phi) is 6.06. The summed E-state index contributed by atoms with van der Waals surface area (Å²) in [5, 5.41) is 7.09. The Bertz CT molecular complexity index is 981.